The Morgan fingerprint density at radius 3 is 2.06 bits per heavy atom. The van der Waals surface area contributed by atoms with Crippen molar-refractivity contribution in [3.05, 3.63) is 94.7 Å². The fourth-order valence-corrected chi connectivity index (χ4v) is 14.1. The second kappa shape index (κ2) is 18.6. The van der Waals surface area contributed by atoms with Gasteiger partial charge in [-0.25, -0.2) is 33.7 Å². The van der Waals surface area contributed by atoms with Gasteiger partial charge in [0.25, 0.3) is 0 Å². The maximum absolute atomic E-state index is 12.9. The Labute approximate surface area is 403 Å². The van der Waals surface area contributed by atoms with Gasteiger partial charge in [0.15, 0.2) is 12.3 Å². The molecule has 4 aromatic rings. The summed E-state index contributed by atoms with van der Waals surface area (Å²) in [5.74, 6) is -2.29. The average Bonchev–Trinajstić information content (AvgIpc) is 3.90. The van der Waals surface area contributed by atoms with Gasteiger partial charge in [0, 0.05) is 61.1 Å². The summed E-state index contributed by atoms with van der Waals surface area (Å²) in [4.78, 5) is 0.392. The number of aliphatic hydroxyl groups is 2. The van der Waals surface area contributed by atoms with E-state index in [0.29, 0.717) is 100 Å². The smallest absolute Gasteiger partial charge is 0.210 e. The lowest BCUT2D eigenvalue weighted by atomic mass is 9.78. The average molecular weight is 1070 g/mol. The van der Waals surface area contributed by atoms with Crippen LogP contribution in [0.25, 0.3) is 21.5 Å². The van der Waals surface area contributed by atoms with E-state index in [4.69, 9.17) is 0 Å². The first-order chi connectivity index (χ1) is 32.2. The van der Waals surface area contributed by atoms with Crippen LogP contribution in [0.5, 0.6) is 0 Å². The maximum Gasteiger partial charge on any atom is 0.210 e. The van der Waals surface area contributed by atoms with Crippen molar-refractivity contribution in [3.8, 4) is 0 Å². The van der Waals surface area contributed by atoms with Gasteiger partial charge in [0.1, 0.15) is 26.3 Å². The molecule has 2 N–H and O–H groups in total. The molecule has 0 bridgehead atoms. The highest BCUT2D eigenvalue weighted by molar-refractivity contribution is 7.95. The van der Waals surface area contributed by atoms with Crippen molar-refractivity contribution in [2.24, 2.45) is 0 Å². The van der Waals surface area contributed by atoms with Crippen molar-refractivity contribution in [1.29, 1.82) is 0 Å². The molecule has 69 heavy (non-hydrogen) atoms. The first kappa shape index (κ1) is 51.5. The molecule has 0 radical (unpaired) electrons. The van der Waals surface area contributed by atoms with Crippen molar-refractivity contribution >= 4 is 103 Å². The van der Waals surface area contributed by atoms with Crippen molar-refractivity contribution in [2.45, 2.75) is 82.2 Å². The zero-order valence-corrected chi connectivity index (χ0v) is 40.6. The number of benzene rings is 4. The van der Waals surface area contributed by atoms with E-state index in [0.717, 1.165) is 18.2 Å². The van der Waals surface area contributed by atoms with Gasteiger partial charge >= 0.3 is 0 Å². The number of allylic oxidation sites excluding steroid dienone is 6. The summed E-state index contributed by atoms with van der Waals surface area (Å²) in [6.07, 6.45) is 3.11. The number of β-amino-alcohol motifs (C(OH)–C–C–N with tert-alkyl or cyclic N) is 2. The van der Waals surface area contributed by atoms with E-state index in [2.05, 4.69) is 18.7 Å². The summed E-state index contributed by atoms with van der Waals surface area (Å²) in [6, 6.07) is 10.8. The molecule has 0 amide bonds. The molecule has 4 aliphatic rings. The van der Waals surface area contributed by atoms with Crippen LogP contribution in [0.3, 0.4) is 0 Å². The van der Waals surface area contributed by atoms with Gasteiger partial charge in [-0.3, -0.25) is 10.1 Å². The molecular formula is C41H37N2O20S6-5. The van der Waals surface area contributed by atoms with E-state index < -0.39 is 97.9 Å². The van der Waals surface area contributed by atoms with E-state index in [-0.39, 0.29) is 25.9 Å². The highest BCUT2D eigenvalue weighted by Crippen LogP contribution is 2.60. The number of anilines is 1. The lowest BCUT2D eigenvalue weighted by Gasteiger charge is -2.29. The number of nitrogens with zero attached hydrogens (tertiary/aromatic N) is 2. The molecule has 22 nitrogen and oxygen atoms in total. The van der Waals surface area contributed by atoms with Gasteiger partial charge in [-0.05, 0) is 97.8 Å². The topological polar surface area (TPSA) is 359 Å². The first-order valence-corrected chi connectivity index (χ1v) is 27.8. The summed E-state index contributed by atoms with van der Waals surface area (Å²) >= 11 is 0.714. The summed E-state index contributed by atoms with van der Waals surface area (Å²) in [5, 5.41) is 51.4. The molecule has 8 rings (SSSR count). The van der Waals surface area contributed by atoms with Crippen LogP contribution in [0.15, 0.2) is 103 Å². The molecule has 2 aliphatic heterocycles. The third-order valence-electron chi connectivity index (χ3n) is 12.8. The molecule has 0 saturated heterocycles. The molecule has 2 heterocycles. The van der Waals surface area contributed by atoms with Gasteiger partial charge in [0.2, 0.25) is 5.69 Å². The first-order valence-electron chi connectivity index (χ1n) is 20.4. The second-order valence-corrected chi connectivity index (χ2v) is 24.4. The van der Waals surface area contributed by atoms with Crippen LogP contribution < -0.4 is 15.4 Å². The third kappa shape index (κ3) is 9.89. The highest BCUT2D eigenvalue weighted by atomic mass is 32.2. The minimum Gasteiger partial charge on any atom is -0.748 e. The number of aliphatic hydroxyl groups excluding tert-OH is 2. The second-order valence-electron chi connectivity index (χ2n) is 17.2. The lowest BCUT2D eigenvalue weighted by molar-refractivity contribution is -0.777. The highest BCUT2D eigenvalue weighted by Gasteiger charge is 2.56. The van der Waals surface area contributed by atoms with Gasteiger partial charge in [0.05, 0.1) is 77.1 Å². The van der Waals surface area contributed by atoms with E-state index >= 15 is 0 Å². The quantitative estimate of drug-likeness (QED) is 0.0469. The molecular weight excluding hydrogens is 1030 g/mol. The predicted molar refractivity (Wildman–Crippen MR) is 236 cm³/mol. The zero-order chi connectivity index (χ0) is 50.2. The Hall–Kier alpha value is -3.89. The molecule has 28 heteroatoms. The van der Waals surface area contributed by atoms with Gasteiger partial charge in [-0.2, -0.15) is 13.2 Å². The normalized spacial score (nSPS) is 22.1. The summed E-state index contributed by atoms with van der Waals surface area (Å²) in [6.45, 7) is 2.78. The van der Waals surface area contributed by atoms with Crippen molar-refractivity contribution < 1.29 is 95.9 Å². The Morgan fingerprint density at radius 1 is 0.768 bits per heavy atom. The fourth-order valence-electron chi connectivity index (χ4n) is 10.5. The standard InChI is InChI=1S/C41H42N2O20S6/c1-40-12-10-22(38(40)42(18-26(44)20-66(48,49)50)30-9-7-25-15-29(68(54,55)56)17-32(65-63-61-47)34(25)36(30)40)4-3-5-23-11-13-41(2)37-31(43(39(23)41)19-27(45)21-67(51,52)53)8-6-24-14-28(64-62-60-46)16-33(35(24)37)69(57,58)59/h3-9,14-17,26-27,44-45H,10-13,18-21H2,1-2H3,(H5-,46,47,48,49,50,51,52,53,54,55,56,57,58,59)/p-5. The lowest BCUT2D eigenvalue weighted by Crippen LogP contribution is -2.36. The Balaban J connectivity index is 1.28. The summed E-state index contributed by atoms with van der Waals surface area (Å²) in [5.41, 5.74) is 1.88. The monoisotopic (exact) mass is 1070 g/mol. The number of hydrogen-bond acceptors (Lipinski definition) is 23. The Bertz CT molecular complexity index is 3410. The van der Waals surface area contributed by atoms with Gasteiger partial charge < -0.3 is 43.8 Å². The van der Waals surface area contributed by atoms with E-state index in [1.807, 2.05) is 6.92 Å². The van der Waals surface area contributed by atoms with Crippen LogP contribution in [-0.4, -0.2) is 109 Å². The number of hydrogen-bond donors (Lipinski definition) is 2. The van der Waals surface area contributed by atoms with Crippen LogP contribution in [0.1, 0.15) is 50.7 Å². The Morgan fingerprint density at radius 2 is 1.41 bits per heavy atom. The van der Waals surface area contributed by atoms with Crippen LogP contribution in [-0.2, 0) is 70.0 Å². The molecule has 0 aromatic heterocycles. The van der Waals surface area contributed by atoms with Crippen LogP contribution >= 0.6 is 24.1 Å². The SMILES string of the molecule is CC12CCC(/C=C/C=C3\CCC4(C)C3=[N+](CC(O)CS(=O)(=O)[O-])c3ccc5cc(SOO[O-])cc(S(=O)(=O)[O-])c5c34)=C1N(CC(O)CS(=O)(=O)[O-])c1ccc3cc(S(=O)(=O)[O-])cc(SOO[O-])c3c12. The van der Waals surface area contributed by atoms with Crippen molar-refractivity contribution in [1.82, 2.24) is 0 Å². The largest absolute Gasteiger partial charge is 0.748 e. The third-order valence-corrected chi connectivity index (χ3v) is 17.2. The summed E-state index contributed by atoms with van der Waals surface area (Å²) in [7, 11) is -20.1. The summed E-state index contributed by atoms with van der Waals surface area (Å²) < 4.78 is 157. The van der Waals surface area contributed by atoms with Crippen LogP contribution in [0.2, 0.25) is 0 Å². The minimum atomic E-state index is -5.23. The Kier molecular flexibility index (Phi) is 13.9. The predicted octanol–water partition coefficient (Wildman–Crippen LogP) is 1.53. The molecule has 2 aliphatic carbocycles. The molecule has 4 atom stereocenters. The molecule has 0 spiro atoms. The molecule has 4 unspecified atom stereocenters. The maximum atomic E-state index is 12.9. The van der Waals surface area contributed by atoms with Crippen LogP contribution in [0, 0.1) is 0 Å². The van der Waals surface area contributed by atoms with E-state index in [1.54, 1.807) is 46.8 Å². The number of rotatable bonds is 18. The van der Waals surface area contributed by atoms with Crippen molar-refractivity contribution in [3.63, 3.8) is 0 Å². The van der Waals surface area contributed by atoms with Gasteiger partial charge in [-0.1, -0.05) is 24.3 Å². The molecule has 372 valence electrons. The minimum absolute atomic E-state index is 0.00444. The van der Waals surface area contributed by atoms with Gasteiger partial charge in [-0.15, -0.1) is 0 Å². The molecule has 1 fully saturated rings. The van der Waals surface area contributed by atoms with Crippen molar-refractivity contribution in [2.75, 3.05) is 29.5 Å². The van der Waals surface area contributed by atoms with E-state index in [1.165, 1.54) is 18.2 Å². The zero-order valence-electron chi connectivity index (χ0n) is 35.7. The van der Waals surface area contributed by atoms with Crippen LogP contribution in [0.4, 0.5) is 11.4 Å². The fraction of sp³-hybridized carbons (Fsp3) is 0.341. The molecule has 1 saturated carbocycles. The molecule has 4 aromatic carbocycles. The number of fused-ring (bicyclic) bond motifs is 10. The van der Waals surface area contributed by atoms with E-state index in [9.17, 15) is 72.6 Å².